The fraction of sp³-hybridized carbons (Fsp3) is 0.941. The van der Waals surface area contributed by atoms with Gasteiger partial charge in [-0.3, -0.25) is 4.79 Å². The highest BCUT2D eigenvalue weighted by molar-refractivity contribution is 5.85. The van der Waals surface area contributed by atoms with Crippen LogP contribution in [0.3, 0.4) is 0 Å². The van der Waals surface area contributed by atoms with E-state index < -0.39 is 0 Å². The highest BCUT2D eigenvalue weighted by Crippen LogP contribution is 2.42. The standard InChI is InChI=1S/C17H30N2O.ClH/c1-17(18)10-3-2-7-15(17)16(20)19-14-9-8-12-5-4-6-13(12)11-14;/h12-15H,2-11,18H2,1H3,(H,19,20);1H. The summed E-state index contributed by atoms with van der Waals surface area (Å²) in [7, 11) is 0. The third kappa shape index (κ3) is 3.73. The lowest BCUT2D eigenvalue weighted by Gasteiger charge is -2.39. The Morgan fingerprint density at radius 1 is 1.05 bits per heavy atom. The molecule has 3 nitrogen and oxygen atoms in total. The normalized spacial score (nSPS) is 42.8. The Labute approximate surface area is 135 Å². The Balaban J connectivity index is 0.00000161. The van der Waals surface area contributed by atoms with Crippen molar-refractivity contribution in [3.05, 3.63) is 0 Å². The number of fused-ring (bicyclic) bond motifs is 1. The van der Waals surface area contributed by atoms with Crippen molar-refractivity contribution in [3.63, 3.8) is 0 Å². The van der Waals surface area contributed by atoms with Crippen LogP contribution in [-0.2, 0) is 4.79 Å². The number of hydrogen-bond donors (Lipinski definition) is 2. The number of rotatable bonds is 2. The van der Waals surface area contributed by atoms with Gasteiger partial charge in [0.05, 0.1) is 5.92 Å². The SMILES string of the molecule is CC1(N)CCCCC1C(=O)NC1CCC2CCCC2C1.Cl. The van der Waals surface area contributed by atoms with Crippen LogP contribution < -0.4 is 11.1 Å². The van der Waals surface area contributed by atoms with Crippen LogP contribution in [0.5, 0.6) is 0 Å². The molecule has 3 aliphatic rings. The van der Waals surface area contributed by atoms with E-state index >= 15 is 0 Å². The molecule has 0 aromatic rings. The van der Waals surface area contributed by atoms with Crippen molar-refractivity contribution in [2.45, 2.75) is 82.7 Å². The van der Waals surface area contributed by atoms with E-state index in [2.05, 4.69) is 12.2 Å². The van der Waals surface area contributed by atoms with Crippen LogP contribution in [0.1, 0.15) is 71.1 Å². The van der Waals surface area contributed by atoms with Gasteiger partial charge < -0.3 is 11.1 Å². The molecule has 0 aromatic heterocycles. The van der Waals surface area contributed by atoms with Gasteiger partial charge in [0.25, 0.3) is 0 Å². The molecule has 122 valence electrons. The van der Waals surface area contributed by atoms with Gasteiger partial charge in [0.1, 0.15) is 0 Å². The Morgan fingerprint density at radius 2 is 1.81 bits per heavy atom. The van der Waals surface area contributed by atoms with Crippen LogP contribution >= 0.6 is 12.4 Å². The molecule has 3 rings (SSSR count). The summed E-state index contributed by atoms with van der Waals surface area (Å²) < 4.78 is 0. The summed E-state index contributed by atoms with van der Waals surface area (Å²) in [6.45, 7) is 2.06. The summed E-state index contributed by atoms with van der Waals surface area (Å²) in [6.07, 6.45) is 12.2. The van der Waals surface area contributed by atoms with E-state index in [0.717, 1.165) is 31.1 Å². The van der Waals surface area contributed by atoms with Gasteiger partial charge in [-0.25, -0.2) is 0 Å². The van der Waals surface area contributed by atoms with Crippen molar-refractivity contribution in [1.82, 2.24) is 5.32 Å². The minimum atomic E-state index is -0.299. The molecule has 0 saturated heterocycles. The second-order valence-corrected chi connectivity index (χ2v) is 7.77. The third-order valence-electron chi connectivity index (χ3n) is 6.21. The predicted molar refractivity (Wildman–Crippen MR) is 88.4 cm³/mol. The molecule has 5 unspecified atom stereocenters. The first kappa shape index (κ1) is 17.1. The quantitative estimate of drug-likeness (QED) is 0.820. The largest absolute Gasteiger partial charge is 0.353 e. The van der Waals surface area contributed by atoms with Crippen LogP contribution in [0.25, 0.3) is 0 Å². The van der Waals surface area contributed by atoms with Crippen molar-refractivity contribution < 1.29 is 4.79 Å². The minimum absolute atomic E-state index is 0. The summed E-state index contributed by atoms with van der Waals surface area (Å²) in [5.41, 5.74) is 6.05. The maximum Gasteiger partial charge on any atom is 0.225 e. The van der Waals surface area contributed by atoms with Gasteiger partial charge in [-0.05, 0) is 50.9 Å². The second kappa shape index (κ2) is 6.87. The van der Waals surface area contributed by atoms with Crippen molar-refractivity contribution in [1.29, 1.82) is 0 Å². The molecule has 0 spiro atoms. The maximum absolute atomic E-state index is 12.6. The fourth-order valence-corrected chi connectivity index (χ4v) is 4.92. The lowest BCUT2D eigenvalue weighted by molar-refractivity contribution is -0.129. The van der Waals surface area contributed by atoms with E-state index in [9.17, 15) is 4.79 Å². The smallest absolute Gasteiger partial charge is 0.225 e. The van der Waals surface area contributed by atoms with E-state index in [1.807, 2.05) is 0 Å². The zero-order valence-corrected chi connectivity index (χ0v) is 14.1. The van der Waals surface area contributed by atoms with Gasteiger partial charge in [-0.15, -0.1) is 12.4 Å². The fourth-order valence-electron chi connectivity index (χ4n) is 4.92. The molecule has 4 heteroatoms. The molecular weight excluding hydrogens is 284 g/mol. The zero-order valence-electron chi connectivity index (χ0n) is 13.3. The van der Waals surface area contributed by atoms with Gasteiger partial charge in [0, 0.05) is 11.6 Å². The first-order valence-electron chi connectivity index (χ1n) is 8.65. The van der Waals surface area contributed by atoms with E-state index in [0.29, 0.717) is 6.04 Å². The van der Waals surface area contributed by atoms with E-state index in [1.54, 1.807) is 0 Å². The number of carbonyl (C=O) groups is 1. The van der Waals surface area contributed by atoms with E-state index in [1.165, 1.54) is 44.9 Å². The molecule has 3 saturated carbocycles. The monoisotopic (exact) mass is 314 g/mol. The van der Waals surface area contributed by atoms with Crippen LogP contribution in [0.2, 0.25) is 0 Å². The first-order valence-corrected chi connectivity index (χ1v) is 8.65. The molecular formula is C17H31ClN2O. The Kier molecular flexibility index (Phi) is 5.59. The second-order valence-electron chi connectivity index (χ2n) is 7.77. The lowest BCUT2D eigenvalue weighted by atomic mass is 9.73. The number of hydrogen-bond acceptors (Lipinski definition) is 2. The number of nitrogens with two attached hydrogens (primary N) is 1. The Hall–Kier alpha value is -0.280. The maximum atomic E-state index is 12.6. The number of nitrogens with one attached hydrogen (secondary N) is 1. The summed E-state index contributed by atoms with van der Waals surface area (Å²) in [5, 5.41) is 3.34. The van der Waals surface area contributed by atoms with Crippen molar-refractivity contribution >= 4 is 18.3 Å². The van der Waals surface area contributed by atoms with Gasteiger partial charge in [0.2, 0.25) is 5.91 Å². The zero-order chi connectivity index (χ0) is 14.2. The third-order valence-corrected chi connectivity index (χ3v) is 6.21. The lowest BCUT2D eigenvalue weighted by Crippen LogP contribution is -2.54. The molecule has 0 bridgehead atoms. The molecule has 3 fully saturated rings. The van der Waals surface area contributed by atoms with Crippen LogP contribution in [-0.4, -0.2) is 17.5 Å². The van der Waals surface area contributed by atoms with Gasteiger partial charge in [-0.2, -0.15) is 0 Å². The molecule has 0 aromatic carbocycles. The van der Waals surface area contributed by atoms with Crippen molar-refractivity contribution in [3.8, 4) is 0 Å². The average Bonchev–Trinajstić information content (AvgIpc) is 2.85. The molecule has 0 heterocycles. The average molecular weight is 315 g/mol. The molecule has 3 N–H and O–H groups in total. The van der Waals surface area contributed by atoms with Crippen molar-refractivity contribution in [2.75, 3.05) is 0 Å². The Morgan fingerprint density at radius 3 is 2.57 bits per heavy atom. The van der Waals surface area contributed by atoms with Gasteiger partial charge in [-0.1, -0.05) is 32.1 Å². The Bertz CT molecular complexity index is 372. The molecule has 0 radical (unpaired) electrons. The molecule has 1 amide bonds. The summed E-state index contributed by atoms with van der Waals surface area (Å²) >= 11 is 0. The van der Waals surface area contributed by atoms with Crippen LogP contribution in [0, 0.1) is 17.8 Å². The van der Waals surface area contributed by atoms with Crippen molar-refractivity contribution in [2.24, 2.45) is 23.5 Å². The number of halogens is 1. The highest BCUT2D eigenvalue weighted by Gasteiger charge is 2.40. The first-order chi connectivity index (χ1) is 9.56. The van der Waals surface area contributed by atoms with E-state index in [-0.39, 0.29) is 29.8 Å². The van der Waals surface area contributed by atoms with Gasteiger partial charge in [0.15, 0.2) is 0 Å². The highest BCUT2D eigenvalue weighted by atomic mass is 35.5. The summed E-state index contributed by atoms with van der Waals surface area (Å²) in [4.78, 5) is 12.6. The molecule has 5 atom stereocenters. The number of carbonyl (C=O) groups excluding carboxylic acids is 1. The summed E-state index contributed by atoms with van der Waals surface area (Å²) in [6, 6.07) is 0.416. The minimum Gasteiger partial charge on any atom is -0.353 e. The van der Waals surface area contributed by atoms with E-state index in [4.69, 9.17) is 5.73 Å². The topological polar surface area (TPSA) is 55.1 Å². The van der Waals surface area contributed by atoms with Gasteiger partial charge >= 0.3 is 0 Å². The molecule has 3 aliphatic carbocycles. The molecule has 0 aliphatic heterocycles. The van der Waals surface area contributed by atoms with Crippen LogP contribution in [0.15, 0.2) is 0 Å². The molecule has 21 heavy (non-hydrogen) atoms. The van der Waals surface area contributed by atoms with Crippen LogP contribution in [0.4, 0.5) is 0 Å². The predicted octanol–water partition coefficient (Wildman–Crippen LogP) is 3.40. The summed E-state index contributed by atoms with van der Waals surface area (Å²) in [5.74, 6) is 2.09. The number of amides is 1.